The molecule has 33 heavy (non-hydrogen) atoms. The third-order valence-corrected chi connectivity index (χ3v) is 5.72. The van der Waals surface area contributed by atoms with Gasteiger partial charge in [-0.25, -0.2) is 0 Å². The summed E-state index contributed by atoms with van der Waals surface area (Å²) in [6.45, 7) is 18.5. The number of rotatable bonds is 8. The summed E-state index contributed by atoms with van der Waals surface area (Å²) in [5, 5.41) is 0. The van der Waals surface area contributed by atoms with E-state index >= 15 is 0 Å². The van der Waals surface area contributed by atoms with Gasteiger partial charge in [0.1, 0.15) is 0 Å². The van der Waals surface area contributed by atoms with Gasteiger partial charge in [0.2, 0.25) is 0 Å². The number of benzene rings is 3. The van der Waals surface area contributed by atoms with Crippen LogP contribution >= 0.6 is 0 Å². The first-order chi connectivity index (χ1) is 16.1. The van der Waals surface area contributed by atoms with Crippen molar-refractivity contribution in [1.29, 1.82) is 0 Å². The zero-order valence-electron chi connectivity index (χ0n) is 22.4. The van der Waals surface area contributed by atoms with E-state index < -0.39 is 0 Å². The minimum atomic E-state index is -0.121. The van der Waals surface area contributed by atoms with Gasteiger partial charge in [-0.1, -0.05) is 158 Å². The summed E-state index contributed by atoms with van der Waals surface area (Å²) in [4.78, 5) is 0. The Balaban J connectivity index is 0.000000669. The summed E-state index contributed by atoms with van der Waals surface area (Å²) in [7, 11) is 0. The maximum Gasteiger partial charge on any atom is 0.0423 e. The average Bonchev–Trinajstić information content (AvgIpc) is 2.92. The van der Waals surface area contributed by atoms with E-state index in [0.29, 0.717) is 0 Å². The highest BCUT2D eigenvalue weighted by Crippen LogP contribution is 2.38. The zero-order chi connectivity index (χ0) is 25.0. The van der Waals surface area contributed by atoms with E-state index in [-0.39, 0.29) is 5.41 Å². The van der Waals surface area contributed by atoms with Crippen molar-refractivity contribution in [1.82, 2.24) is 0 Å². The van der Waals surface area contributed by atoms with Crippen molar-refractivity contribution in [2.45, 2.75) is 79.6 Å². The van der Waals surface area contributed by atoms with Gasteiger partial charge in [-0.15, -0.1) is 6.58 Å². The van der Waals surface area contributed by atoms with Crippen molar-refractivity contribution in [3.8, 4) is 0 Å². The predicted molar refractivity (Wildman–Crippen MR) is 151 cm³/mol. The van der Waals surface area contributed by atoms with Gasteiger partial charge in [-0.2, -0.15) is 0 Å². The monoisotopic (exact) mass is 444 g/mol. The summed E-state index contributed by atoms with van der Waals surface area (Å²) in [5.41, 5.74) is 3.83. The fourth-order valence-corrected chi connectivity index (χ4v) is 3.65. The van der Waals surface area contributed by atoms with Crippen LogP contribution in [0.3, 0.4) is 0 Å². The molecule has 180 valence electrons. The summed E-state index contributed by atoms with van der Waals surface area (Å²) in [5.74, 6) is 0.719. The highest BCUT2D eigenvalue weighted by Gasteiger charge is 2.30. The molecule has 1 unspecified atom stereocenters. The van der Waals surface area contributed by atoms with Crippen LogP contribution in [0, 0.1) is 5.92 Å². The summed E-state index contributed by atoms with van der Waals surface area (Å²) >= 11 is 0. The Kier molecular flexibility index (Phi) is 17.4. The van der Waals surface area contributed by atoms with Gasteiger partial charge >= 0.3 is 0 Å². The molecular formula is C33H48. The third-order valence-electron chi connectivity index (χ3n) is 5.72. The fourth-order valence-electron chi connectivity index (χ4n) is 3.65. The topological polar surface area (TPSA) is 0 Å². The molecule has 3 aromatic rings. The van der Waals surface area contributed by atoms with Gasteiger partial charge in [0.05, 0.1) is 0 Å². The van der Waals surface area contributed by atoms with E-state index in [4.69, 9.17) is 0 Å². The third kappa shape index (κ3) is 10.3. The Morgan fingerprint density at radius 3 is 1.27 bits per heavy atom. The van der Waals surface area contributed by atoms with E-state index in [1.807, 2.05) is 33.8 Å². The van der Waals surface area contributed by atoms with Crippen molar-refractivity contribution in [3.63, 3.8) is 0 Å². The first-order valence-electron chi connectivity index (χ1n) is 12.9. The highest BCUT2D eigenvalue weighted by molar-refractivity contribution is 5.49. The summed E-state index contributed by atoms with van der Waals surface area (Å²) < 4.78 is 0. The lowest BCUT2D eigenvalue weighted by molar-refractivity contribution is 0.577. The van der Waals surface area contributed by atoms with Gasteiger partial charge in [0.25, 0.3) is 0 Å². The van der Waals surface area contributed by atoms with Crippen LogP contribution in [0.25, 0.3) is 0 Å². The summed E-state index contributed by atoms with van der Waals surface area (Å²) in [6, 6.07) is 32.1. The maximum absolute atomic E-state index is 3.74. The molecule has 0 N–H and O–H groups in total. The molecule has 0 aliphatic carbocycles. The van der Waals surface area contributed by atoms with Crippen LogP contribution in [0.1, 0.15) is 90.8 Å². The van der Waals surface area contributed by atoms with Crippen molar-refractivity contribution in [3.05, 3.63) is 120 Å². The molecular weight excluding hydrogens is 396 g/mol. The second-order valence-electron chi connectivity index (χ2n) is 7.93. The highest BCUT2D eigenvalue weighted by atomic mass is 14.3. The van der Waals surface area contributed by atoms with E-state index in [9.17, 15) is 0 Å². The van der Waals surface area contributed by atoms with Gasteiger partial charge in [0, 0.05) is 5.41 Å². The van der Waals surface area contributed by atoms with Crippen LogP contribution in [0.15, 0.2) is 104 Å². The average molecular weight is 445 g/mol. The van der Waals surface area contributed by atoms with Crippen LogP contribution in [-0.2, 0) is 5.41 Å². The standard InChI is InChI=1S/C20H18.C9H18.2C2H6/c1-20(17-11-5-2-6-12-17,18-13-7-3-8-14-18)19-15-9-4-10-16-19;1-4-6-7-8-9(3)5-2;2*1-2/h2-16H,1H3;5,9H,2,4,6-8H2,1,3H3;2*1-2H3. The van der Waals surface area contributed by atoms with Crippen LogP contribution < -0.4 is 0 Å². The van der Waals surface area contributed by atoms with Crippen molar-refractivity contribution >= 4 is 0 Å². The molecule has 0 heteroatoms. The van der Waals surface area contributed by atoms with Crippen LogP contribution in [0.4, 0.5) is 0 Å². The molecule has 3 rings (SSSR count). The Bertz CT molecular complexity index is 706. The lowest BCUT2D eigenvalue weighted by Crippen LogP contribution is -2.25. The molecule has 0 heterocycles. The first-order valence-corrected chi connectivity index (χ1v) is 12.9. The quantitative estimate of drug-likeness (QED) is 0.184. The molecule has 0 radical (unpaired) electrons. The molecule has 1 atom stereocenters. The van der Waals surface area contributed by atoms with E-state index in [0.717, 1.165) is 5.92 Å². The molecule has 0 aliphatic rings. The Hall–Kier alpha value is -2.60. The van der Waals surface area contributed by atoms with Crippen LogP contribution in [-0.4, -0.2) is 0 Å². The lowest BCUT2D eigenvalue weighted by atomic mass is 9.71. The minimum Gasteiger partial charge on any atom is -0.103 e. The van der Waals surface area contributed by atoms with E-state index in [2.05, 4.69) is 118 Å². The number of hydrogen-bond acceptors (Lipinski definition) is 0. The number of hydrogen-bond donors (Lipinski definition) is 0. The lowest BCUT2D eigenvalue weighted by Gasteiger charge is -2.31. The van der Waals surface area contributed by atoms with Gasteiger partial charge in [0.15, 0.2) is 0 Å². The molecule has 0 bridgehead atoms. The first kappa shape index (κ1) is 30.4. The molecule has 0 aromatic heterocycles. The second kappa shape index (κ2) is 18.9. The Morgan fingerprint density at radius 1 is 0.667 bits per heavy atom. The molecule has 3 aromatic carbocycles. The minimum absolute atomic E-state index is 0.121. The molecule has 0 saturated carbocycles. The fraction of sp³-hybridized carbons (Fsp3) is 0.394. The van der Waals surface area contributed by atoms with Crippen molar-refractivity contribution < 1.29 is 0 Å². The molecule has 0 spiro atoms. The van der Waals surface area contributed by atoms with Gasteiger partial charge in [-0.05, 0) is 36.0 Å². The van der Waals surface area contributed by atoms with E-state index in [1.54, 1.807) is 0 Å². The second-order valence-corrected chi connectivity index (χ2v) is 7.93. The van der Waals surface area contributed by atoms with Crippen LogP contribution in [0.5, 0.6) is 0 Å². The normalized spacial score (nSPS) is 10.8. The van der Waals surface area contributed by atoms with Gasteiger partial charge < -0.3 is 0 Å². The molecule has 0 aliphatic heterocycles. The van der Waals surface area contributed by atoms with Crippen LogP contribution in [0.2, 0.25) is 0 Å². The van der Waals surface area contributed by atoms with Crippen molar-refractivity contribution in [2.24, 2.45) is 5.92 Å². The SMILES string of the molecule is C=CC(C)CCCCC.CC.CC.CC(c1ccccc1)(c1ccccc1)c1ccccc1. The zero-order valence-corrected chi connectivity index (χ0v) is 22.4. The van der Waals surface area contributed by atoms with Gasteiger partial charge in [-0.3, -0.25) is 0 Å². The molecule has 0 amide bonds. The molecule has 0 fully saturated rings. The number of unbranched alkanes of at least 4 members (excludes halogenated alkanes) is 2. The van der Waals surface area contributed by atoms with Crippen molar-refractivity contribution in [2.75, 3.05) is 0 Å². The molecule has 0 nitrogen and oxygen atoms in total. The number of allylic oxidation sites excluding steroid dienone is 1. The van der Waals surface area contributed by atoms with E-state index in [1.165, 1.54) is 42.4 Å². The Labute approximate surface area is 205 Å². The maximum atomic E-state index is 3.74. The summed E-state index contributed by atoms with van der Waals surface area (Å²) in [6.07, 6.45) is 7.42. The molecule has 0 saturated heterocycles. The largest absolute Gasteiger partial charge is 0.103 e. The Morgan fingerprint density at radius 2 is 1.00 bits per heavy atom. The predicted octanol–water partition coefficient (Wildman–Crippen LogP) is 10.5. The smallest absolute Gasteiger partial charge is 0.0423 e.